The fourth-order valence-electron chi connectivity index (χ4n) is 4.44. The number of anilines is 1. The molecule has 1 aliphatic rings. The van der Waals surface area contributed by atoms with Crippen LogP contribution in [0.25, 0.3) is 16.9 Å². The number of amides is 2. The molecule has 1 N–H and O–H groups in total. The first kappa shape index (κ1) is 26.8. The normalized spacial score (nSPS) is 12.5. The minimum atomic E-state index is -0.338. The predicted octanol–water partition coefficient (Wildman–Crippen LogP) is 5.06. The number of ether oxygens (including phenoxy) is 3. The molecule has 1 fully saturated rings. The molecule has 1 saturated carbocycles. The first-order chi connectivity index (χ1) is 19.5. The van der Waals surface area contributed by atoms with Crippen LogP contribution in [-0.2, 0) is 4.79 Å². The van der Waals surface area contributed by atoms with Gasteiger partial charge in [0.1, 0.15) is 23.8 Å². The van der Waals surface area contributed by atoms with E-state index >= 15 is 0 Å². The molecule has 1 aliphatic carbocycles. The van der Waals surface area contributed by atoms with Crippen molar-refractivity contribution in [2.45, 2.75) is 12.8 Å². The van der Waals surface area contributed by atoms with Gasteiger partial charge in [-0.25, -0.2) is 4.98 Å². The molecule has 0 unspecified atom stereocenters. The highest BCUT2D eigenvalue weighted by Gasteiger charge is 2.29. The summed E-state index contributed by atoms with van der Waals surface area (Å²) < 4.78 is 17.8. The average molecular weight is 541 g/mol. The summed E-state index contributed by atoms with van der Waals surface area (Å²) in [4.78, 5) is 33.1. The van der Waals surface area contributed by atoms with Crippen LogP contribution < -0.4 is 19.5 Å². The lowest BCUT2D eigenvalue weighted by Gasteiger charge is -2.22. The van der Waals surface area contributed by atoms with Gasteiger partial charge >= 0.3 is 0 Å². The number of hydrogen-bond acceptors (Lipinski definition) is 6. The molecule has 0 aliphatic heterocycles. The third kappa shape index (κ3) is 6.26. The zero-order valence-electron chi connectivity index (χ0n) is 22.8. The highest BCUT2D eigenvalue weighted by Crippen LogP contribution is 2.31. The number of carbonyl (C=O) groups excluding carboxylic acids is 2. The van der Waals surface area contributed by atoms with E-state index in [-0.39, 0.29) is 18.4 Å². The van der Waals surface area contributed by atoms with Crippen LogP contribution in [0.1, 0.15) is 23.2 Å². The summed E-state index contributed by atoms with van der Waals surface area (Å²) in [6.45, 7) is 0.419. The van der Waals surface area contributed by atoms with Gasteiger partial charge in [-0.2, -0.15) is 0 Å². The fourth-order valence-corrected chi connectivity index (χ4v) is 4.44. The molecule has 1 heterocycles. The van der Waals surface area contributed by atoms with E-state index in [1.54, 1.807) is 55.1 Å². The Hall–Kier alpha value is -4.79. The molecule has 3 aromatic carbocycles. The molecule has 0 atom stereocenters. The summed E-state index contributed by atoms with van der Waals surface area (Å²) in [6, 6.07) is 22.0. The lowest BCUT2D eigenvalue weighted by atomic mass is 10.1. The van der Waals surface area contributed by atoms with Crippen LogP contribution in [0.15, 0.2) is 79.0 Å². The third-order valence-corrected chi connectivity index (χ3v) is 6.79. The molecule has 1 aromatic heterocycles. The second-order valence-corrected chi connectivity index (χ2v) is 9.66. The van der Waals surface area contributed by atoms with Crippen LogP contribution in [0.3, 0.4) is 0 Å². The minimum absolute atomic E-state index is 0.101. The van der Waals surface area contributed by atoms with Gasteiger partial charge < -0.3 is 19.1 Å². The van der Waals surface area contributed by atoms with Crippen LogP contribution >= 0.6 is 0 Å². The topological polar surface area (TPSA) is 94.9 Å². The predicted molar refractivity (Wildman–Crippen MR) is 152 cm³/mol. The summed E-state index contributed by atoms with van der Waals surface area (Å²) in [5, 5.41) is 2.94. The van der Waals surface area contributed by atoms with Gasteiger partial charge in [0.05, 0.1) is 27.0 Å². The summed E-state index contributed by atoms with van der Waals surface area (Å²) in [7, 11) is 4.78. The molecule has 206 valence electrons. The van der Waals surface area contributed by atoms with E-state index < -0.39 is 0 Å². The minimum Gasteiger partial charge on any atom is -0.497 e. The van der Waals surface area contributed by atoms with E-state index in [2.05, 4.69) is 5.32 Å². The van der Waals surface area contributed by atoms with Crippen LogP contribution in [-0.4, -0.2) is 60.7 Å². The van der Waals surface area contributed by atoms with Gasteiger partial charge in [0.2, 0.25) is 11.9 Å². The Kier molecular flexibility index (Phi) is 8.00. The Morgan fingerprint density at radius 2 is 1.57 bits per heavy atom. The standard InChI is InChI=1S/C31H32N4O5/c1-38-25-14-12-24(13-15-25)35-19-28(22-6-4-8-26(16-22)39-2)32-31(35)33-29(36)20-34(18-21-10-11-21)30(37)23-7-5-9-27(17-23)40-3/h4-9,12-17,19,21H,10-11,18,20H2,1-3H3,(H,32,33,36). The third-order valence-electron chi connectivity index (χ3n) is 6.79. The first-order valence-corrected chi connectivity index (χ1v) is 13.1. The van der Waals surface area contributed by atoms with E-state index in [1.165, 1.54) is 0 Å². The van der Waals surface area contributed by atoms with Gasteiger partial charge in [0.25, 0.3) is 5.91 Å². The van der Waals surface area contributed by atoms with Crippen molar-refractivity contribution in [3.05, 3.63) is 84.6 Å². The quantitative estimate of drug-likeness (QED) is 0.286. The van der Waals surface area contributed by atoms with E-state index in [4.69, 9.17) is 19.2 Å². The molecule has 9 heteroatoms. The second kappa shape index (κ2) is 11.9. The van der Waals surface area contributed by atoms with E-state index in [1.807, 2.05) is 54.7 Å². The SMILES string of the molecule is COc1ccc(-n2cc(-c3cccc(OC)c3)nc2NC(=O)CN(CC2CC2)C(=O)c2cccc(OC)c2)cc1. The van der Waals surface area contributed by atoms with Crippen LogP contribution in [0, 0.1) is 5.92 Å². The highest BCUT2D eigenvalue weighted by molar-refractivity contribution is 5.99. The molecule has 0 radical (unpaired) electrons. The Morgan fingerprint density at radius 3 is 2.25 bits per heavy atom. The molecule has 40 heavy (non-hydrogen) atoms. The average Bonchev–Trinajstić information content (AvgIpc) is 3.72. The van der Waals surface area contributed by atoms with Gasteiger partial charge in [0, 0.05) is 29.6 Å². The zero-order valence-corrected chi connectivity index (χ0v) is 22.8. The Morgan fingerprint density at radius 1 is 0.900 bits per heavy atom. The largest absolute Gasteiger partial charge is 0.497 e. The monoisotopic (exact) mass is 540 g/mol. The van der Waals surface area contributed by atoms with Crippen molar-refractivity contribution in [3.8, 4) is 34.2 Å². The smallest absolute Gasteiger partial charge is 0.254 e. The number of hydrogen-bond donors (Lipinski definition) is 1. The maximum atomic E-state index is 13.4. The lowest BCUT2D eigenvalue weighted by molar-refractivity contribution is -0.117. The van der Waals surface area contributed by atoms with Gasteiger partial charge in [-0.15, -0.1) is 0 Å². The molecule has 0 spiro atoms. The number of rotatable bonds is 11. The van der Waals surface area contributed by atoms with E-state index in [0.717, 1.165) is 24.1 Å². The van der Waals surface area contributed by atoms with E-state index in [0.29, 0.717) is 46.9 Å². The number of benzene rings is 3. The maximum absolute atomic E-state index is 13.4. The van der Waals surface area contributed by atoms with Gasteiger partial charge in [-0.3, -0.25) is 19.5 Å². The van der Waals surface area contributed by atoms with Crippen molar-refractivity contribution in [2.75, 3.05) is 39.7 Å². The molecular formula is C31H32N4O5. The summed E-state index contributed by atoms with van der Waals surface area (Å²) in [5.41, 5.74) is 2.77. The van der Waals surface area contributed by atoms with Crippen molar-refractivity contribution < 1.29 is 23.8 Å². The number of methoxy groups -OCH3 is 3. The maximum Gasteiger partial charge on any atom is 0.254 e. The van der Waals surface area contributed by atoms with Crippen molar-refractivity contribution in [1.29, 1.82) is 0 Å². The highest BCUT2D eigenvalue weighted by atomic mass is 16.5. The zero-order chi connectivity index (χ0) is 28.1. The molecule has 0 bridgehead atoms. The van der Waals surface area contributed by atoms with E-state index in [9.17, 15) is 9.59 Å². The van der Waals surface area contributed by atoms with Crippen LogP contribution in [0.2, 0.25) is 0 Å². The lowest BCUT2D eigenvalue weighted by Crippen LogP contribution is -2.39. The van der Waals surface area contributed by atoms with Gasteiger partial charge in [-0.1, -0.05) is 18.2 Å². The molecule has 2 amide bonds. The number of aromatic nitrogens is 2. The molecule has 9 nitrogen and oxygen atoms in total. The Labute approximate surface area is 233 Å². The fraction of sp³-hybridized carbons (Fsp3) is 0.258. The first-order valence-electron chi connectivity index (χ1n) is 13.1. The van der Waals surface area contributed by atoms with Crippen molar-refractivity contribution in [2.24, 2.45) is 5.92 Å². The van der Waals surface area contributed by atoms with Crippen molar-refractivity contribution >= 4 is 17.8 Å². The van der Waals surface area contributed by atoms with Gasteiger partial charge in [-0.05, 0) is 73.4 Å². The number of imidazole rings is 1. The summed E-state index contributed by atoms with van der Waals surface area (Å²) >= 11 is 0. The number of carbonyl (C=O) groups is 2. The molecule has 0 saturated heterocycles. The Bertz CT molecular complexity index is 1490. The summed E-state index contributed by atoms with van der Waals surface area (Å²) in [5.74, 6) is 2.21. The van der Waals surface area contributed by atoms with Crippen molar-refractivity contribution in [3.63, 3.8) is 0 Å². The van der Waals surface area contributed by atoms with Crippen molar-refractivity contribution in [1.82, 2.24) is 14.5 Å². The molecule has 5 rings (SSSR count). The van der Waals surface area contributed by atoms with Crippen LogP contribution in [0.5, 0.6) is 17.2 Å². The number of nitrogens with zero attached hydrogens (tertiary/aromatic N) is 3. The second-order valence-electron chi connectivity index (χ2n) is 9.66. The number of nitrogens with one attached hydrogen (secondary N) is 1. The Balaban J connectivity index is 1.42. The summed E-state index contributed by atoms with van der Waals surface area (Å²) in [6.07, 6.45) is 3.96. The van der Waals surface area contributed by atoms with Crippen LogP contribution in [0.4, 0.5) is 5.95 Å². The van der Waals surface area contributed by atoms with Gasteiger partial charge in [0.15, 0.2) is 0 Å². The molecular weight excluding hydrogens is 508 g/mol. The molecule has 4 aromatic rings.